The maximum absolute atomic E-state index is 13.6. The molecular weight excluding hydrogens is 368 g/mol. The number of carbonyl (C=O) groups excluding carboxylic acids is 1. The lowest BCUT2D eigenvalue weighted by Gasteiger charge is -2.51. The Morgan fingerprint density at radius 3 is 2.69 bits per heavy atom. The normalized spacial score (nSPS) is 31.9. The van der Waals surface area contributed by atoms with Crippen LogP contribution in [0.1, 0.15) is 40.4 Å². The molecular formula is C22H26N4O3. The van der Waals surface area contributed by atoms with Gasteiger partial charge in [0.1, 0.15) is 0 Å². The van der Waals surface area contributed by atoms with Crippen LogP contribution in [-0.2, 0) is 7.05 Å². The summed E-state index contributed by atoms with van der Waals surface area (Å²) in [5, 5.41) is 4.40. The second kappa shape index (κ2) is 6.23. The van der Waals surface area contributed by atoms with Gasteiger partial charge in [-0.15, -0.1) is 0 Å². The van der Waals surface area contributed by atoms with E-state index in [1.165, 1.54) is 18.4 Å². The predicted octanol–water partition coefficient (Wildman–Crippen LogP) is 2.16. The summed E-state index contributed by atoms with van der Waals surface area (Å²) in [5.41, 5.74) is 2.78. The molecule has 29 heavy (non-hydrogen) atoms. The van der Waals surface area contributed by atoms with Crippen molar-refractivity contribution in [2.75, 3.05) is 26.4 Å². The molecule has 2 aromatic rings. The number of nitrogens with zero attached hydrogens (tertiary/aromatic N) is 4. The van der Waals surface area contributed by atoms with Gasteiger partial charge in [0, 0.05) is 31.7 Å². The van der Waals surface area contributed by atoms with E-state index >= 15 is 0 Å². The van der Waals surface area contributed by atoms with E-state index in [1.807, 2.05) is 26.2 Å². The first-order chi connectivity index (χ1) is 14.1. The van der Waals surface area contributed by atoms with Crippen molar-refractivity contribution in [2.24, 2.45) is 13.0 Å². The standard InChI is InChI=1S/C22H26N4O3/c1-13-16(10-24(2)23-13)22(27)26-11-17(15-3-4-18-19(9-15)29-12-28-18)21-20(26)14-5-7-25(21)8-6-14/h3-4,9-10,14,17,20-21H,5-8,11-12H2,1-2H3/t17-,20+,21+/m0/s1. The van der Waals surface area contributed by atoms with Crippen molar-refractivity contribution in [3.8, 4) is 11.5 Å². The number of rotatable bonds is 2. The lowest BCUT2D eigenvalue weighted by atomic mass is 9.75. The third-order valence-electron chi connectivity index (χ3n) is 7.32. The van der Waals surface area contributed by atoms with Crippen LogP contribution in [-0.4, -0.2) is 64.0 Å². The quantitative estimate of drug-likeness (QED) is 0.781. The number of hydrogen-bond acceptors (Lipinski definition) is 5. The Hall–Kier alpha value is -2.54. The van der Waals surface area contributed by atoms with Crippen molar-refractivity contribution in [1.82, 2.24) is 19.6 Å². The molecule has 152 valence electrons. The molecule has 5 aliphatic rings. The van der Waals surface area contributed by atoms with Crippen molar-refractivity contribution in [1.29, 1.82) is 0 Å². The number of benzene rings is 1. The highest BCUT2D eigenvalue weighted by Crippen LogP contribution is 2.48. The second-order valence-corrected chi connectivity index (χ2v) is 8.83. The van der Waals surface area contributed by atoms with Gasteiger partial charge >= 0.3 is 0 Å². The van der Waals surface area contributed by atoms with Crippen molar-refractivity contribution in [3.63, 3.8) is 0 Å². The predicted molar refractivity (Wildman–Crippen MR) is 106 cm³/mol. The number of fused-ring (bicyclic) bond motifs is 3. The maximum Gasteiger partial charge on any atom is 0.257 e. The van der Waals surface area contributed by atoms with Gasteiger partial charge in [-0.05, 0) is 56.5 Å². The summed E-state index contributed by atoms with van der Waals surface area (Å²) in [7, 11) is 1.88. The highest BCUT2D eigenvalue weighted by molar-refractivity contribution is 5.95. The number of carbonyl (C=O) groups is 1. The Balaban J connectivity index is 1.39. The fourth-order valence-corrected chi connectivity index (χ4v) is 6.06. The molecule has 5 aliphatic heterocycles. The number of ether oxygens (including phenoxy) is 2. The number of piperidine rings is 3. The van der Waals surface area contributed by atoms with Gasteiger partial charge in [0.2, 0.25) is 6.79 Å². The molecule has 0 saturated carbocycles. The number of likely N-dealkylation sites (tertiary alicyclic amines) is 1. The lowest BCUT2D eigenvalue weighted by Crippen LogP contribution is -2.60. The van der Waals surface area contributed by atoms with Gasteiger partial charge in [0.25, 0.3) is 5.91 Å². The highest BCUT2D eigenvalue weighted by atomic mass is 16.7. The number of aromatic nitrogens is 2. The Bertz CT molecular complexity index is 978. The molecule has 7 nitrogen and oxygen atoms in total. The van der Waals surface area contributed by atoms with Crippen molar-refractivity contribution >= 4 is 5.91 Å². The molecule has 7 heteroatoms. The number of aryl methyl sites for hydroxylation is 2. The molecule has 0 N–H and O–H groups in total. The Labute approximate surface area is 170 Å². The van der Waals surface area contributed by atoms with E-state index in [0.717, 1.165) is 42.4 Å². The monoisotopic (exact) mass is 394 g/mol. The SMILES string of the molecule is Cc1nn(C)cc1C(=O)N1C[C@@H](c2ccc3c(c2)OCO3)[C@@H]2[C@H]1C1CCN2CC1. The fraction of sp³-hybridized carbons (Fsp3) is 0.545. The molecule has 1 amide bonds. The van der Waals surface area contributed by atoms with E-state index in [0.29, 0.717) is 17.9 Å². The zero-order valence-electron chi connectivity index (χ0n) is 16.9. The minimum atomic E-state index is 0.127. The Morgan fingerprint density at radius 2 is 1.93 bits per heavy atom. The third-order valence-corrected chi connectivity index (χ3v) is 7.32. The Kier molecular flexibility index (Phi) is 3.72. The minimum Gasteiger partial charge on any atom is -0.454 e. The van der Waals surface area contributed by atoms with Gasteiger partial charge < -0.3 is 14.4 Å². The first-order valence-electron chi connectivity index (χ1n) is 10.5. The minimum absolute atomic E-state index is 0.127. The number of amides is 1. The summed E-state index contributed by atoms with van der Waals surface area (Å²) in [6, 6.07) is 6.95. The van der Waals surface area contributed by atoms with E-state index in [4.69, 9.17) is 9.47 Å². The van der Waals surface area contributed by atoms with Gasteiger partial charge in [-0.3, -0.25) is 14.4 Å². The summed E-state index contributed by atoms with van der Waals surface area (Å²) in [5.74, 6) is 2.64. The molecule has 0 spiro atoms. The fourth-order valence-electron chi connectivity index (χ4n) is 6.06. The highest BCUT2D eigenvalue weighted by Gasteiger charge is 2.55. The maximum atomic E-state index is 13.6. The van der Waals surface area contributed by atoms with Crippen LogP contribution in [0.15, 0.2) is 24.4 Å². The largest absolute Gasteiger partial charge is 0.454 e. The summed E-state index contributed by atoms with van der Waals surface area (Å²) >= 11 is 0. The van der Waals surface area contributed by atoms with Crippen molar-refractivity contribution in [3.05, 3.63) is 41.2 Å². The van der Waals surface area contributed by atoms with Crippen LogP contribution >= 0.6 is 0 Å². The van der Waals surface area contributed by atoms with Crippen molar-refractivity contribution < 1.29 is 14.3 Å². The number of hydrogen-bond donors (Lipinski definition) is 0. The van der Waals surface area contributed by atoms with Crippen LogP contribution < -0.4 is 9.47 Å². The summed E-state index contributed by atoms with van der Waals surface area (Å²) in [4.78, 5) is 18.4. The van der Waals surface area contributed by atoms with Gasteiger partial charge in [-0.1, -0.05) is 6.07 Å². The van der Waals surface area contributed by atoms with Gasteiger partial charge in [-0.25, -0.2) is 0 Å². The van der Waals surface area contributed by atoms with Crippen LogP contribution in [0, 0.1) is 12.8 Å². The summed E-state index contributed by atoms with van der Waals surface area (Å²) in [6.45, 7) is 5.23. The molecule has 4 fully saturated rings. The molecule has 4 saturated heterocycles. The van der Waals surface area contributed by atoms with E-state index in [1.54, 1.807) is 4.68 Å². The van der Waals surface area contributed by atoms with Gasteiger partial charge in [-0.2, -0.15) is 5.10 Å². The van der Waals surface area contributed by atoms with Gasteiger partial charge in [0.15, 0.2) is 11.5 Å². The summed E-state index contributed by atoms with van der Waals surface area (Å²) in [6.07, 6.45) is 4.23. The second-order valence-electron chi connectivity index (χ2n) is 8.83. The van der Waals surface area contributed by atoms with Crippen LogP contribution in [0.3, 0.4) is 0 Å². The average molecular weight is 394 g/mol. The first kappa shape index (κ1) is 17.3. The topological polar surface area (TPSA) is 59.8 Å². The molecule has 1 aromatic carbocycles. The van der Waals surface area contributed by atoms with E-state index in [2.05, 4.69) is 27.0 Å². The Morgan fingerprint density at radius 1 is 1.14 bits per heavy atom. The van der Waals surface area contributed by atoms with Crippen LogP contribution in [0.4, 0.5) is 0 Å². The molecule has 0 unspecified atom stereocenters. The molecule has 3 atom stereocenters. The molecule has 0 aliphatic carbocycles. The molecule has 2 bridgehead atoms. The average Bonchev–Trinajstić information content (AvgIpc) is 3.44. The van der Waals surface area contributed by atoms with Crippen LogP contribution in [0.2, 0.25) is 0 Å². The lowest BCUT2D eigenvalue weighted by molar-refractivity contribution is -0.00344. The van der Waals surface area contributed by atoms with E-state index < -0.39 is 0 Å². The first-order valence-corrected chi connectivity index (χ1v) is 10.5. The zero-order valence-corrected chi connectivity index (χ0v) is 16.9. The molecule has 7 rings (SSSR count). The molecule has 6 heterocycles. The van der Waals surface area contributed by atoms with Crippen molar-refractivity contribution in [2.45, 2.75) is 37.8 Å². The zero-order chi connectivity index (χ0) is 19.7. The smallest absolute Gasteiger partial charge is 0.257 e. The van der Waals surface area contributed by atoms with Gasteiger partial charge in [0.05, 0.1) is 17.3 Å². The summed E-state index contributed by atoms with van der Waals surface area (Å²) < 4.78 is 12.9. The molecule has 1 aromatic heterocycles. The van der Waals surface area contributed by atoms with Crippen LogP contribution in [0.5, 0.6) is 11.5 Å². The molecule has 0 radical (unpaired) electrons. The third kappa shape index (κ3) is 2.53. The van der Waals surface area contributed by atoms with Crippen LogP contribution in [0.25, 0.3) is 0 Å². The van der Waals surface area contributed by atoms with E-state index in [9.17, 15) is 4.79 Å². The van der Waals surface area contributed by atoms with E-state index in [-0.39, 0.29) is 18.7 Å².